The Morgan fingerprint density at radius 3 is 3.11 bits per heavy atom. The zero-order valence-electron chi connectivity index (χ0n) is 14.5. The number of carbonyl (C=O) groups is 1. The number of rotatable bonds is 2. The number of nitrogens with zero attached hydrogens (tertiary/aromatic N) is 8. The molecular formula is C14H14ClN9O4. The summed E-state index contributed by atoms with van der Waals surface area (Å²) < 4.78 is 20.9. The molecule has 3 aromatic rings. The number of hydrogen-bond donors (Lipinski definition) is 1. The molecule has 5 rings (SSSR count). The van der Waals surface area contributed by atoms with Crippen molar-refractivity contribution in [2.75, 3.05) is 5.73 Å². The molecule has 28 heavy (non-hydrogen) atoms. The maximum absolute atomic E-state index is 11.8. The molecule has 5 heterocycles. The highest BCUT2D eigenvalue weighted by Crippen LogP contribution is 2.38. The van der Waals surface area contributed by atoms with Gasteiger partial charge in [0, 0.05) is 6.92 Å². The van der Waals surface area contributed by atoms with Crippen LogP contribution in [0.4, 0.5) is 5.95 Å². The molecule has 1 fully saturated rings. The van der Waals surface area contributed by atoms with E-state index in [-0.39, 0.29) is 17.7 Å². The van der Waals surface area contributed by atoms with E-state index in [9.17, 15) is 4.79 Å². The third kappa shape index (κ3) is 2.66. The SMILES string of the molecule is CC(=O)O[C@@H]1[C@H]2OCc3nnnn3C[C@H]2O[C@H]1n1cnc2c(Cl)nc(N)nc21. The van der Waals surface area contributed by atoms with E-state index in [1.54, 1.807) is 9.25 Å². The van der Waals surface area contributed by atoms with Crippen molar-refractivity contribution in [2.45, 2.75) is 44.6 Å². The molecule has 0 aromatic carbocycles. The van der Waals surface area contributed by atoms with Crippen molar-refractivity contribution in [1.82, 2.24) is 39.7 Å². The highest BCUT2D eigenvalue weighted by molar-refractivity contribution is 6.33. The van der Waals surface area contributed by atoms with Gasteiger partial charge in [-0.25, -0.2) is 9.67 Å². The van der Waals surface area contributed by atoms with Gasteiger partial charge in [-0.15, -0.1) is 5.10 Å². The molecule has 0 amide bonds. The number of tetrazole rings is 1. The smallest absolute Gasteiger partial charge is 0.303 e. The van der Waals surface area contributed by atoms with Crippen LogP contribution >= 0.6 is 11.6 Å². The largest absolute Gasteiger partial charge is 0.455 e. The fourth-order valence-corrected chi connectivity index (χ4v) is 3.71. The molecule has 0 saturated carbocycles. The van der Waals surface area contributed by atoms with Gasteiger partial charge in [0.25, 0.3) is 0 Å². The van der Waals surface area contributed by atoms with Crippen molar-refractivity contribution >= 4 is 34.7 Å². The van der Waals surface area contributed by atoms with E-state index in [2.05, 4.69) is 30.5 Å². The first-order chi connectivity index (χ1) is 13.5. The second-order valence-electron chi connectivity index (χ2n) is 6.39. The summed E-state index contributed by atoms with van der Waals surface area (Å²) in [5.41, 5.74) is 6.44. The summed E-state index contributed by atoms with van der Waals surface area (Å²) in [5.74, 6) is 0.0859. The molecule has 3 aromatic heterocycles. The molecule has 0 radical (unpaired) electrons. The van der Waals surface area contributed by atoms with Crippen LogP contribution in [0.25, 0.3) is 11.2 Å². The normalized spacial score (nSPS) is 26.6. The number of nitrogen functional groups attached to an aromatic ring is 1. The van der Waals surface area contributed by atoms with Crippen molar-refractivity contribution in [3.63, 3.8) is 0 Å². The summed E-state index contributed by atoms with van der Waals surface area (Å²) in [5, 5.41) is 11.6. The lowest BCUT2D eigenvalue weighted by Crippen LogP contribution is -2.37. The van der Waals surface area contributed by atoms with Gasteiger partial charge in [-0.1, -0.05) is 11.6 Å². The third-order valence-corrected chi connectivity index (χ3v) is 4.89. The van der Waals surface area contributed by atoms with Crippen LogP contribution in [0.5, 0.6) is 0 Å². The molecule has 0 bridgehead atoms. The van der Waals surface area contributed by atoms with Crippen LogP contribution in [0.15, 0.2) is 6.33 Å². The first-order valence-electron chi connectivity index (χ1n) is 8.36. The minimum absolute atomic E-state index is 0.00918. The molecular weight excluding hydrogens is 394 g/mol. The first-order valence-corrected chi connectivity index (χ1v) is 8.74. The summed E-state index contributed by atoms with van der Waals surface area (Å²) in [4.78, 5) is 24.1. The van der Waals surface area contributed by atoms with Crippen LogP contribution < -0.4 is 5.73 Å². The lowest BCUT2D eigenvalue weighted by molar-refractivity contribution is -0.158. The summed E-state index contributed by atoms with van der Waals surface area (Å²) >= 11 is 6.11. The van der Waals surface area contributed by atoms with Gasteiger partial charge >= 0.3 is 5.97 Å². The first kappa shape index (κ1) is 17.2. The molecule has 14 heteroatoms. The van der Waals surface area contributed by atoms with E-state index in [0.29, 0.717) is 23.5 Å². The Morgan fingerprint density at radius 2 is 2.29 bits per heavy atom. The number of hydrogen-bond acceptors (Lipinski definition) is 11. The van der Waals surface area contributed by atoms with Gasteiger partial charge in [-0.2, -0.15) is 9.97 Å². The highest BCUT2D eigenvalue weighted by atomic mass is 35.5. The minimum atomic E-state index is -0.757. The maximum atomic E-state index is 11.8. The maximum Gasteiger partial charge on any atom is 0.303 e. The van der Waals surface area contributed by atoms with E-state index in [4.69, 9.17) is 31.5 Å². The zero-order valence-corrected chi connectivity index (χ0v) is 15.2. The summed E-state index contributed by atoms with van der Waals surface area (Å²) in [6.45, 7) is 1.82. The summed E-state index contributed by atoms with van der Waals surface area (Å²) in [6, 6.07) is 0. The van der Waals surface area contributed by atoms with Gasteiger partial charge in [0.05, 0.1) is 12.9 Å². The van der Waals surface area contributed by atoms with E-state index >= 15 is 0 Å². The van der Waals surface area contributed by atoms with Crippen molar-refractivity contribution in [3.8, 4) is 0 Å². The average molecular weight is 408 g/mol. The summed E-state index contributed by atoms with van der Waals surface area (Å²) in [7, 11) is 0. The van der Waals surface area contributed by atoms with Crippen LogP contribution in [0.2, 0.25) is 5.15 Å². The number of anilines is 1. The number of nitrogens with two attached hydrogens (primary N) is 1. The minimum Gasteiger partial charge on any atom is -0.455 e. The topological polar surface area (TPSA) is 158 Å². The highest BCUT2D eigenvalue weighted by Gasteiger charge is 2.50. The second-order valence-corrected chi connectivity index (χ2v) is 6.75. The van der Waals surface area contributed by atoms with Gasteiger partial charge < -0.3 is 19.9 Å². The molecule has 4 atom stereocenters. The predicted octanol–water partition coefficient (Wildman–Crippen LogP) is -0.523. The number of halogens is 1. The fourth-order valence-electron chi connectivity index (χ4n) is 3.49. The average Bonchev–Trinajstić information content (AvgIpc) is 3.30. The monoisotopic (exact) mass is 407 g/mol. The van der Waals surface area contributed by atoms with Crippen molar-refractivity contribution < 1.29 is 19.0 Å². The number of fused-ring (bicyclic) bond motifs is 3. The van der Waals surface area contributed by atoms with Crippen LogP contribution in [0.3, 0.4) is 0 Å². The number of ether oxygens (including phenoxy) is 3. The second kappa shape index (κ2) is 6.32. The molecule has 2 aliphatic heterocycles. The van der Waals surface area contributed by atoms with Crippen LogP contribution in [0, 0.1) is 0 Å². The lowest BCUT2D eigenvalue weighted by Gasteiger charge is -2.23. The van der Waals surface area contributed by atoms with Crippen LogP contribution in [-0.4, -0.2) is 64.0 Å². The zero-order chi connectivity index (χ0) is 19.4. The van der Waals surface area contributed by atoms with Gasteiger partial charge in [0.1, 0.15) is 24.3 Å². The van der Waals surface area contributed by atoms with E-state index < -0.39 is 30.5 Å². The molecule has 0 aliphatic carbocycles. The molecule has 0 spiro atoms. The molecule has 13 nitrogen and oxygen atoms in total. The quantitative estimate of drug-likeness (QED) is 0.430. The molecule has 0 unspecified atom stereocenters. The van der Waals surface area contributed by atoms with Crippen molar-refractivity contribution in [1.29, 1.82) is 0 Å². The van der Waals surface area contributed by atoms with E-state index in [1.807, 2.05) is 0 Å². The molecule has 2 aliphatic rings. The van der Waals surface area contributed by atoms with E-state index in [1.165, 1.54) is 13.3 Å². The Morgan fingerprint density at radius 1 is 1.43 bits per heavy atom. The Balaban J connectivity index is 1.56. The Kier molecular flexibility index (Phi) is 3.89. The predicted molar refractivity (Wildman–Crippen MR) is 90.6 cm³/mol. The Hall–Kier alpha value is -2.90. The number of carbonyl (C=O) groups excluding carboxylic acids is 1. The van der Waals surface area contributed by atoms with Gasteiger partial charge in [-0.05, 0) is 10.4 Å². The molecule has 146 valence electrons. The molecule has 1 saturated heterocycles. The van der Waals surface area contributed by atoms with Gasteiger partial charge in [0.2, 0.25) is 5.95 Å². The van der Waals surface area contributed by atoms with Crippen molar-refractivity contribution in [3.05, 3.63) is 17.3 Å². The van der Waals surface area contributed by atoms with Crippen molar-refractivity contribution in [2.24, 2.45) is 0 Å². The van der Waals surface area contributed by atoms with Crippen LogP contribution in [0.1, 0.15) is 19.0 Å². The Labute approximate surface area is 161 Å². The fraction of sp³-hybridized carbons (Fsp3) is 0.500. The van der Waals surface area contributed by atoms with Crippen LogP contribution in [-0.2, 0) is 32.2 Å². The van der Waals surface area contributed by atoms with E-state index in [0.717, 1.165) is 0 Å². The number of aromatic nitrogens is 8. The number of esters is 1. The third-order valence-electron chi connectivity index (χ3n) is 4.62. The summed E-state index contributed by atoms with van der Waals surface area (Å²) in [6.07, 6.45) is -1.05. The molecule has 2 N–H and O–H groups in total. The standard InChI is InChI=1S/C14H14ClN9O4/c1-5(25)27-10-9-6(2-24-7(3-26-9)20-21-22-24)28-13(10)23-4-17-8-11(15)18-14(16)19-12(8)23/h4,6,9-10,13H,2-3H2,1H3,(H2,16,18,19)/t6-,9+,10-,13-/m1/s1. The van der Waals surface area contributed by atoms with Gasteiger partial charge in [0.15, 0.2) is 29.0 Å². The van der Waals surface area contributed by atoms with Gasteiger partial charge in [-0.3, -0.25) is 9.36 Å². The Bertz CT molecular complexity index is 1070. The lowest BCUT2D eigenvalue weighted by atomic mass is 10.1. The number of imidazole rings is 1.